The van der Waals surface area contributed by atoms with Crippen LogP contribution in [0, 0.1) is 12.8 Å². The van der Waals surface area contributed by atoms with Crippen LogP contribution in [0.1, 0.15) is 31.2 Å². The Hall–Kier alpha value is -1.35. The van der Waals surface area contributed by atoms with E-state index in [-0.39, 0.29) is 0 Å². The average molecular weight is 272 g/mol. The second-order valence-corrected chi connectivity index (χ2v) is 6.39. The van der Waals surface area contributed by atoms with Gasteiger partial charge in [0.25, 0.3) is 0 Å². The largest absolute Gasteiger partial charge is 0.382 e. The van der Waals surface area contributed by atoms with Crippen LogP contribution in [-0.2, 0) is 0 Å². The minimum atomic E-state index is 0.632. The molecule has 2 aromatic rings. The Morgan fingerprint density at radius 1 is 1.42 bits per heavy atom. The third kappa shape index (κ3) is 2.98. The molecule has 1 unspecified atom stereocenters. The fraction of sp³-hybridized carbons (Fsp3) is 0.438. The Morgan fingerprint density at radius 2 is 2.26 bits per heavy atom. The maximum atomic E-state index is 4.56. The Bertz CT molecular complexity index is 557. The SMILES string of the molecule is CCC(Nc1cccc(-c2csc(C)n2)c1)C1CC1. The lowest BCUT2D eigenvalue weighted by Crippen LogP contribution is -2.20. The summed E-state index contributed by atoms with van der Waals surface area (Å²) in [6.07, 6.45) is 3.97. The lowest BCUT2D eigenvalue weighted by atomic mass is 10.1. The third-order valence-electron chi connectivity index (χ3n) is 3.76. The van der Waals surface area contributed by atoms with E-state index in [0.717, 1.165) is 16.6 Å². The van der Waals surface area contributed by atoms with Crippen LogP contribution in [-0.4, -0.2) is 11.0 Å². The minimum Gasteiger partial charge on any atom is -0.382 e. The van der Waals surface area contributed by atoms with Crippen LogP contribution in [0.5, 0.6) is 0 Å². The number of hydrogen-bond acceptors (Lipinski definition) is 3. The molecule has 1 aromatic heterocycles. The summed E-state index contributed by atoms with van der Waals surface area (Å²) in [6, 6.07) is 9.27. The van der Waals surface area contributed by atoms with Gasteiger partial charge in [-0.2, -0.15) is 0 Å². The summed E-state index contributed by atoms with van der Waals surface area (Å²) >= 11 is 1.71. The van der Waals surface area contributed by atoms with Crippen LogP contribution in [0.2, 0.25) is 0 Å². The zero-order valence-electron chi connectivity index (χ0n) is 11.5. The summed E-state index contributed by atoms with van der Waals surface area (Å²) in [4.78, 5) is 4.56. The first kappa shape index (κ1) is 12.7. The number of rotatable bonds is 5. The highest BCUT2D eigenvalue weighted by Crippen LogP contribution is 2.36. The molecule has 3 heteroatoms. The van der Waals surface area contributed by atoms with Gasteiger partial charge in [0.15, 0.2) is 0 Å². The van der Waals surface area contributed by atoms with Gasteiger partial charge in [-0.15, -0.1) is 11.3 Å². The highest BCUT2D eigenvalue weighted by Gasteiger charge is 2.29. The van der Waals surface area contributed by atoms with Gasteiger partial charge in [0.05, 0.1) is 10.7 Å². The van der Waals surface area contributed by atoms with Crippen molar-refractivity contribution >= 4 is 17.0 Å². The molecule has 1 fully saturated rings. The second kappa shape index (κ2) is 5.33. The van der Waals surface area contributed by atoms with Crippen molar-refractivity contribution in [3.63, 3.8) is 0 Å². The molecule has 1 aliphatic rings. The Morgan fingerprint density at radius 3 is 2.89 bits per heavy atom. The number of aryl methyl sites for hydroxylation is 1. The van der Waals surface area contributed by atoms with E-state index < -0.39 is 0 Å². The summed E-state index contributed by atoms with van der Waals surface area (Å²) in [5, 5.41) is 6.94. The van der Waals surface area contributed by atoms with Gasteiger partial charge in [-0.3, -0.25) is 0 Å². The molecule has 1 aliphatic carbocycles. The average Bonchev–Trinajstić information content (AvgIpc) is 3.18. The highest BCUT2D eigenvalue weighted by atomic mass is 32.1. The molecule has 1 aromatic carbocycles. The van der Waals surface area contributed by atoms with Crippen LogP contribution >= 0.6 is 11.3 Å². The second-order valence-electron chi connectivity index (χ2n) is 5.33. The van der Waals surface area contributed by atoms with Crippen LogP contribution in [0.4, 0.5) is 5.69 Å². The Kier molecular flexibility index (Phi) is 3.56. The van der Waals surface area contributed by atoms with E-state index in [0.29, 0.717) is 6.04 Å². The Labute approximate surface area is 118 Å². The van der Waals surface area contributed by atoms with Gasteiger partial charge < -0.3 is 5.32 Å². The van der Waals surface area contributed by atoms with Crippen LogP contribution < -0.4 is 5.32 Å². The van der Waals surface area contributed by atoms with Crippen molar-refractivity contribution in [1.82, 2.24) is 4.98 Å². The fourth-order valence-corrected chi connectivity index (χ4v) is 3.15. The first-order valence-corrected chi connectivity index (χ1v) is 7.93. The van der Waals surface area contributed by atoms with Gasteiger partial charge in [0, 0.05) is 22.7 Å². The number of thiazole rings is 1. The lowest BCUT2D eigenvalue weighted by molar-refractivity contribution is 0.616. The van der Waals surface area contributed by atoms with Crippen molar-refractivity contribution in [2.45, 2.75) is 39.2 Å². The van der Waals surface area contributed by atoms with Crippen LogP contribution in [0.25, 0.3) is 11.3 Å². The first-order chi connectivity index (χ1) is 9.26. The van der Waals surface area contributed by atoms with E-state index in [1.165, 1.54) is 30.5 Å². The fourth-order valence-electron chi connectivity index (χ4n) is 2.53. The minimum absolute atomic E-state index is 0.632. The van der Waals surface area contributed by atoms with Crippen molar-refractivity contribution in [3.8, 4) is 11.3 Å². The van der Waals surface area contributed by atoms with E-state index in [2.05, 4.69) is 53.8 Å². The molecule has 19 heavy (non-hydrogen) atoms. The van der Waals surface area contributed by atoms with Crippen molar-refractivity contribution in [3.05, 3.63) is 34.7 Å². The molecule has 1 heterocycles. The monoisotopic (exact) mass is 272 g/mol. The molecule has 1 saturated carbocycles. The number of nitrogens with zero attached hydrogens (tertiary/aromatic N) is 1. The summed E-state index contributed by atoms with van der Waals surface area (Å²) < 4.78 is 0. The normalized spacial score (nSPS) is 16.3. The van der Waals surface area contributed by atoms with Crippen molar-refractivity contribution < 1.29 is 0 Å². The third-order valence-corrected chi connectivity index (χ3v) is 4.53. The van der Waals surface area contributed by atoms with Crippen LogP contribution in [0.15, 0.2) is 29.6 Å². The molecular formula is C16H20N2S. The molecule has 0 amide bonds. The smallest absolute Gasteiger partial charge is 0.0901 e. The Balaban J connectivity index is 1.79. The summed E-state index contributed by atoms with van der Waals surface area (Å²) in [5.41, 5.74) is 3.52. The molecule has 3 rings (SSSR count). The number of aromatic nitrogens is 1. The molecule has 0 radical (unpaired) electrons. The van der Waals surface area contributed by atoms with Crippen molar-refractivity contribution in [1.29, 1.82) is 0 Å². The molecule has 2 nitrogen and oxygen atoms in total. The molecule has 0 spiro atoms. The first-order valence-electron chi connectivity index (χ1n) is 7.05. The van der Waals surface area contributed by atoms with Crippen LogP contribution in [0.3, 0.4) is 0 Å². The van der Waals surface area contributed by atoms with Crippen molar-refractivity contribution in [2.75, 3.05) is 5.32 Å². The predicted molar refractivity (Wildman–Crippen MR) is 82.7 cm³/mol. The predicted octanol–water partition coefficient (Wildman–Crippen LogP) is 4.72. The molecule has 100 valence electrons. The molecular weight excluding hydrogens is 252 g/mol. The summed E-state index contributed by atoms with van der Waals surface area (Å²) in [7, 11) is 0. The molecule has 1 N–H and O–H groups in total. The van der Waals surface area contributed by atoms with E-state index in [1.807, 2.05) is 0 Å². The lowest BCUT2D eigenvalue weighted by Gasteiger charge is -2.18. The number of nitrogens with one attached hydrogen (secondary N) is 1. The summed E-state index contributed by atoms with van der Waals surface area (Å²) in [5.74, 6) is 0.884. The zero-order chi connectivity index (χ0) is 13.2. The maximum Gasteiger partial charge on any atom is 0.0901 e. The van der Waals surface area contributed by atoms with E-state index in [1.54, 1.807) is 11.3 Å². The van der Waals surface area contributed by atoms with Crippen molar-refractivity contribution in [2.24, 2.45) is 5.92 Å². The van der Waals surface area contributed by atoms with Gasteiger partial charge in [-0.05, 0) is 44.2 Å². The maximum absolute atomic E-state index is 4.56. The van der Waals surface area contributed by atoms with E-state index in [4.69, 9.17) is 0 Å². The quantitative estimate of drug-likeness (QED) is 0.852. The molecule has 0 bridgehead atoms. The molecule has 1 atom stereocenters. The number of hydrogen-bond donors (Lipinski definition) is 1. The summed E-state index contributed by atoms with van der Waals surface area (Å²) in [6.45, 7) is 4.32. The zero-order valence-corrected chi connectivity index (χ0v) is 12.3. The standard InChI is InChI=1S/C16H20N2S/c1-3-15(12-7-8-12)18-14-6-4-5-13(9-14)16-10-19-11(2)17-16/h4-6,9-10,12,15,18H,3,7-8H2,1-2H3. The van der Waals surface area contributed by atoms with Gasteiger partial charge in [0.2, 0.25) is 0 Å². The topological polar surface area (TPSA) is 24.9 Å². The highest BCUT2D eigenvalue weighted by molar-refractivity contribution is 7.09. The van der Waals surface area contributed by atoms with E-state index in [9.17, 15) is 0 Å². The van der Waals surface area contributed by atoms with Gasteiger partial charge in [0.1, 0.15) is 0 Å². The van der Waals surface area contributed by atoms with Gasteiger partial charge >= 0.3 is 0 Å². The van der Waals surface area contributed by atoms with Gasteiger partial charge in [-0.25, -0.2) is 4.98 Å². The van der Waals surface area contributed by atoms with Gasteiger partial charge in [-0.1, -0.05) is 19.1 Å². The molecule has 0 aliphatic heterocycles. The number of anilines is 1. The molecule has 0 saturated heterocycles. The van der Waals surface area contributed by atoms with E-state index >= 15 is 0 Å². The number of benzene rings is 1.